The molecule has 2 aromatic heterocycles. The van der Waals surface area contributed by atoms with Gasteiger partial charge in [0.1, 0.15) is 6.10 Å². The van der Waals surface area contributed by atoms with Crippen LogP contribution in [0, 0.1) is 0 Å². The van der Waals surface area contributed by atoms with Gasteiger partial charge in [0, 0.05) is 24.5 Å². The molecule has 2 rings (SSSR count). The Morgan fingerprint density at radius 2 is 2.33 bits per heavy atom. The van der Waals surface area contributed by atoms with E-state index >= 15 is 0 Å². The third kappa shape index (κ3) is 2.05. The molecule has 0 amide bonds. The van der Waals surface area contributed by atoms with E-state index in [4.69, 9.17) is 0 Å². The van der Waals surface area contributed by atoms with E-state index in [2.05, 4.69) is 10.1 Å². The van der Waals surface area contributed by atoms with Crippen LogP contribution < -0.4 is 0 Å². The van der Waals surface area contributed by atoms with Crippen LogP contribution in [0.5, 0.6) is 0 Å². The van der Waals surface area contributed by atoms with E-state index < -0.39 is 6.10 Å². The van der Waals surface area contributed by atoms with Gasteiger partial charge in [-0.25, -0.2) is 0 Å². The topological polar surface area (TPSA) is 50.9 Å². The Hall–Kier alpha value is -1.68. The summed E-state index contributed by atoms with van der Waals surface area (Å²) in [4.78, 5) is 4.10. The molecule has 0 aliphatic carbocycles. The number of rotatable bonds is 3. The molecular formula is C11H13N3O. The molecule has 0 aliphatic rings. The van der Waals surface area contributed by atoms with Gasteiger partial charge in [0.2, 0.25) is 0 Å². The van der Waals surface area contributed by atoms with Gasteiger partial charge >= 0.3 is 0 Å². The highest BCUT2D eigenvalue weighted by atomic mass is 16.3. The highest BCUT2D eigenvalue weighted by Gasteiger charge is 2.12. The minimum Gasteiger partial charge on any atom is -0.382 e. The van der Waals surface area contributed by atoms with Gasteiger partial charge in [0.25, 0.3) is 0 Å². The molecule has 4 nitrogen and oxygen atoms in total. The fourth-order valence-electron chi connectivity index (χ4n) is 1.40. The summed E-state index contributed by atoms with van der Waals surface area (Å²) in [6, 6.07) is 5.48. The normalized spacial score (nSPS) is 12.7. The van der Waals surface area contributed by atoms with Crippen molar-refractivity contribution in [3.05, 3.63) is 48.0 Å². The molecule has 0 radical (unpaired) electrons. The van der Waals surface area contributed by atoms with Gasteiger partial charge in [-0.2, -0.15) is 5.10 Å². The molecule has 0 spiro atoms. The van der Waals surface area contributed by atoms with E-state index in [0.29, 0.717) is 5.69 Å². The fraction of sp³-hybridized carbons (Fsp3) is 0.273. The lowest BCUT2D eigenvalue weighted by molar-refractivity contribution is 0.215. The average molecular weight is 203 g/mol. The van der Waals surface area contributed by atoms with Crippen molar-refractivity contribution in [2.24, 2.45) is 0 Å². The number of hydrogen-bond acceptors (Lipinski definition) is 3. The Kier molecular flexibility index (Phi) is 2.78. The molecule has 0 aliphatic heterocycles. The van der Waals surface area contributed by atoms with Crippen molar-refractivity contribution in [3.8, 4) is 0 Å². The first kappa shape index (κ1) is 9.86. The zero-order valence-corrected chi connectivity index (χ0v) is 8.54. The van der Waals surface area contributed by atoms with Gasteiger partial charge < -0.3 is 5.11 Å². The number of nitrogens with zero attached hydrogens (tertiary/aromatic N) is 3. The Bertz CT molecular complexity index is 424. The molecule has 4 heteroatoms. The average Bonchev–Trinajstić information content (AvgIpc) is 2.78. The molecule has 0 bridgehead atoms. The second kappa shape index (κ2) is 4.23. The van der Waals surface area contributed by atoms with E-state index in [0.717, 1.165) is 12.1 Å². The maximum atomic E-state index is 9.98. The van der Waals surface area contributed by atoms with Crippen LogP contribution in [0.4, 0.5) is 0 Å². The van der Waals surface area contributed by atoms with Crippen LogP contribution in [-0.2, 0) is 6.54 Å². The molecule has 2 heterocycles. The largest absolute Gasteiger partial charge is 0.382 e. The van der Waals surface area contributed by atoms with E-state index in [1.807, 2.05) is 25.3 Å². The molecule has 1 atom stereocenters. The number of aliphatic hydroxyl groups is 1. The lowest BCUT2D eigenvalue weighted by atomic mass is 10.1. The second-order valence-electron chi connectivity index (χ2n) is 3.29. The molecule has 0 fully saturated rings. The number of pyridine rings is 1. The Morgan fingerprint density at radius 1 is 1.47 bits per heavy atom. The van der Waals surface area contributed by atoms with Gasteiger partial charge in [-0.15, -0.1) is 0 Å². The summed E-state index contributed by atoms with van der Waals surface area (Å²) in [7, 11) is 0. The molecule has 2 aromatic rings. The number of aliphatic hydroxyl groups excluding tert-OH is 1. The van der Waals surface area contributed by atoms with Crippen molar-refractivity contribution in [3.63, 3.8) is 0 Å². The Balaban J connectivity index is 2.24. The van der Waals surface area contributed by atoms with Gasteiger partial charge in [-0.05, 0) is 19.1 Å². The standard InChI is InChI=1S/C11H13N3O/c1-2-14-8-9(7-13-14)11(15)10-5-3-4-6-12-10/h3-8,11,15H,2H2,1H3. The summed E-state index contributed by atoms with van der Waals surface area (Å²) < 4.78 is 1.78. The summed E-state index contributed by atoms with van der Waals surface area (Å²) in [5, 5.41) is 14.1. The molecule has 1 unspecified atom stereocenters. The maximum Gasteiger partial charge on any atom is 0.124 e. The molecular weight excluding hydrogens is 190 g/mol. The van der Waals surface area contributed by atoms with E-state index in [1.54, 1.807) is 23.1 Å². The molecule has 0 saturated carbocycles. The van der Waals surface area contributed by atoms with E-state index in [1.165, 1.54) is 0 Å². The van der Waals surface area contributed by atoms with Gasteiger partial charge in [-0.1, -0.05) is 6.07 Å². The lowest BCUT2D eigenvalue weighted by Crippen LogP contribution is -2.00. The van der Waals surface area contributed by atoms with Gasteiger partial charge in [0.15, 0.2) is 0 Å². The summed E-state index contributed by atoms with van der Waals surface area (Å²) in [6.07, 6.45) is 4.48. The first-order valence-electron chi connectivity index (χ1n) is 4.92. The fourth-order valence-corrected chi connectivity index (χ4v) is 1.40. The van der Waals surface area contributed by atoms with Crippen molar-refractivity contribution in [2.75, 3.05) is 0 Å². The predicted octanol–water partition coefficient (Wildman–Crippen LogP) is 1.38. The molecule has 1 N–H and O–H groups in total. The Morgan fingerprint density at radius 3 is 2.93 bits per heavy atom. The number of aromatic nitrogens is 3. The quantitative estimate of drug-likeness (QED) is 0.819. The summed E-state index contributed by atoms with van der Waals surface area (Å²) in [5.41, 5.74) is 1.42. The minimum absolute atomic E-state index is 0.646. The van der Waals surface area contributed by atoms with Crippen LogP contribution in [0.2, 0.25) is 0 Å². The lowest BCUT2D eigenvalue weighted by Gasteiger charge is -2.06. The monoisotopic (exact) mass is 203 g/mol. The third-order valence-corrected chi connectivity index (χ3v) is 2.26. The van der Waals surface area contributed by atoms with Crippen molar-refractivity contribution in [2.45, 2.75) is 19.6 Å². The van der Waals surface area contributed by atoms with Crippen molar-refractivity contribution >= 4 is 0 Å². The molecule has 0 aromatic carbocycles. The van der Waals surface area contributed by atoms with Crippen molar-refractivity contribution in [1.29, 1.82) is 0 Å². The van der Waals surface area contributed by atoms with Gasteiger partial charge in [-0.3, -0.25) is 9.67 Å². The number of aryl methyl sites for hydroxylation is 1. The van der Waals surface area contributed by atoms with Crippen LogP contribution in [0.3, 0.4) is 0 Å². The summed E-state index contributed by atoms with van der Waals surface area (Å²) >= 11 is 0. The van der Waals surface area contributed by atoms with Crippen LogP contribution >= 0.6 is 0 Å². The highest BCUT2D eigenvalue weighted by molar-refractivity contribution is 5.20. The number of hydrogen-bond donors (Lipinski definition) is 1. The van der Waals surface area contributed by atoms with Crippen LogP contribution in [0.1, 0.15) is 24.3 Å². The second-order valence-corrected chi connectivity index (χ2v) is 3.29. The Labute approximate surface area is 88.2 Å². The summed E-state index contributed by atoms with van der Waals surface area (Å²) in [6.45, 7) is 2.80. The van der Waals surface area contributed by atoms with Crippen LogP contribution in [-0.4, -0.2) is 19.9 Å². The van der Waals surface area contributed by atoms with Crippen molar-refractivity contribution in [1.82, 2.24) is 14.8 Å². The minimum atomic E-state index is -0.688. The van der Waals surface area contributed by atoms with Crippen LogP contribution in [0.15, 0.2) is 36.8 Å². The molecule has 15 heavy (non-hydrogen) atoms. The SMILES string of the molecule is CCn1cc(C(O)c2ccccn2)cn1. The maximum absolute atomic E-state index is 9.98. The van der Waals surface area contributed by atoms with Gasteiger partial charge in [0.05, 0.1) is 11.9 Å². The van der Waals surface area contributed by atoms with E-state index in [-0.39, 0.29) is 0 Å². The summed E-state index contributed by atoms with van der Waals surface area (Å²) in [5.74, 6) is 0. The first-order valence-corrected chi connectivity index (χ1v) is 4.92. The smallest absolute Gasteiger partial charge is 0.124 e. The zero-order chi connectivity index (χ0) is 10.7. The van der Waals surface area contributed by atoms with E-state index in [9.17, 15) is 5.11 Å². The highest BCUT2D eigenvalue weighted by Crippen LogP contribution is 2.18. The first-order chi connectivity index (χ1) is 7.31. The van der Waals surface area contributed by atoms with Crippen molar-refractivity contribution < 1.29 is 5.11 Å². The molecule has 78 valence electrons. The zero-order valence-electron chi connectivity index (χ0n) is 8.54. The molecule has 0 saturated heterocycles. The third-order valence-electron chi connectivity index (χ3n) is 2.26. The predicted molar refractivity (Wildman–Crippen MR) is 56.2 cm³/mol. The van der Waals surface area contributed by atoms with Crippen LogP contribution in [0.25, 0.3) is 0 Å².